The Morgan fingerprint density at radius 1 is 1.15 bits per heavy atom. The normalized spacial score (nSPS) is 10.7. The van der Waals surface area contributed by atoms with Gasteiger partial charge in [0.1, 0.15) is 0 Å². The Balaban J connectivity index is 2.16. The third kappa shape index (κ3) is 4.06. The predicted molar refractivity (Wildman–Crippen MR) is 79.2 cm³/mol. The van der Waals surface area contributed by atoms with Crippen molar-refractivity contribution in [2.45, 2.75) is 26.5 Å². The molecule has 6 heteroatoms. The van der Waals surface area contributed by atoms with Crippen molar-refractivity contribution < 1.29 is 4.74 Å². The van der Waals surface area contributed by atoms with Crippen LogP contribution in [0.5, 0.6) is 6.01 Å². The van der Waals surface area contributed by atoms with Crippen LogP contribution in [0.15, 0.2) is 30.3 Å². The molecule has 0 atom stereocenters. The molecule has 20 heavy (non-hydrogen) atoms. The van der Waals surface area contributed by atoms with E-state index in [0.717, 1.165) is 5.56 Å². The van der Waals surface area contributed by atoms with Crippen LogP contribution >= 0.6 is 11.6 Å². The second-order valence-corrected chi connectivity index (χ2v) is 5.03. The van der Waals surface area contributed by atoms with Gasteiger partial charge in [-0.05, 0) is 31.0 Å². The highest BCUT2D eigenvalue weighted by molar-refractivity contribution is 6.28. The first-order valence-electron chi connectivity index (χ1n) is 6.38. The van der Waals surface area contributed by atoms with Crippen LogP contribution in [-0.4, -0.2) is 28.1 Å². The first-order chi connectivity index (χ1) is 9.54. The fourth-order valence-electron chi connectivity index (χ4n) is 1.68. The highest BCUT2D eigenvalue weighted by atomic mass is 35.5. The van der Waals surface area contributed by atoms with Crippen molar-refractivity contribution in [1.29, 1.82) is 0 Å². The minimum atomic E-state index is -0.0132. The minimum absolute atomic E-state index is 0.0132. The predicted octanol–water partition coefficient (Wildman–Crippen LogP) is 2.95. The van der Waals surface area contributed by atoms with Crippen molar-refractivity contribution in [2.75, 3.05) is 11.9 Å². The van der Waals surface area contributed by atoms with Gasteiger partial charge in [-0.3, -0.25) is 0 Å². The van der Waals surface area contributed by atoms with Crippen molar-refractivity contribution in [2.24, 2.45) is 0 Å². The molecule has 2 aromatic rings. The van der Waals surface area contributed by atoms with Crippen LogP contribution < -0.4 is 9.64 Å². The molecule has 0 N–H and O–H groups in total. The summed E-state index contributed by atoms with van der Waals surface area (Å²) < 4.78 is 5.46. The molecular weight excluding hydrogens is 276 g/mol. The van der Waals surface area contributed by atoms with Gasteiger partial charge in [-0.1, -0.05) is 30.3 Å². The van der Waals surface area contributed by atoms with Crippen molar-refractivity contribution >= 4 is 17.5 Å². The van der Waals surface area contributed by atoms with Crippen molar-refractivity contribution in [3.05, 3.63) is 41.2 Å². The van der Waals surface area contributed by atoms with E-state index in [0.29, 0.717) is 12.5 Å². The van der Waals surface area contributed by atoms with E-state index < -0.39 is 0 Å². The van der Waals surface area contributed by atoms with Crippen LogP contribution in [0.3, 0.4) is 0 Å². The second-order valence-electron chi connectivity index (χ2n) is 4.70. The van der Waals surface area contributed by atoms with E-state index in [2.05, 4.69) is 15.0 Å². The molecule has 0 unspecified atom stereocenters. The van der Waals surface area contributed by atoms with Gasteiger partial charge >= 0.3 is 6.01 Å². The molecule has 0 aliphatic carbocycles. The largest absolute Gasteiger partial charge is 0.461 e. The quantitative estimate of drug-likeness (QED) is 0.848. The van der Waals surface area contributed by atoms with E-state index >= 15 is 0 Å². The number of halogens is 1. The fourth-order valence-corrected chi connectivity index (χ4v) is 1.83. The summed E-state index contributed by atoms with van der Waals surface area (Å²) >= 11 is 5.91. The molecule has 1 aromatic heterocycles. The molecule has 0 aliphatic heterocycles. The molecule has 0 bridgehead atoms. The van der Waals surface area contributed by atoms with Crippen molar-refractivity contribution in [3.63, 3.8) is 0 Å². The van der Waals surface area contributed by atoms with E-state index in [1.807, 2.05) is 56.1 Å². The lowest BCUT2D eigenvalue weighted by atomic mass is 10.2. The zero-order chi connectivity index (χ0) is 14.5. The number of aromatic nitrogens is 3. The third-order valence-electron chi connectivity index (χ3n) is 2.52. The standard InChI is InChI=1S/C14H17ClN4O/c1-10(2)20-14-17-12(15)16-13(18-14)19(3)9-11-7-5-4-6-8-11/h4-8,10H,9H2,1-3H3. The number of anilines is 1. The average molecular weight is 293 g/mol. The Labute approximate surface area is 123 Å². The number of nitrogens with zero attached hydrogens (tertiary/aromatic N) is 4. The molecule has 106 valence electrons. The minimum Gasteiger partial charge on any atom is -0.461 e. The smallest absolute Gasteiger partial charge is 0.322 e. The molecule has 0 spiro atoms. The molecule has 2 rings (SSSR count). The molecule has 0 aliphatic rings. The summed E-state index contributed by atoms with van der Waals surface area (Å²) in [6.45, 7) is 4.50. The molecule has 5 nitrogen and oxygen atoms in total. The Morgan fingerprint density at radius 3 is 2.50 bits per heavy atom. The van der Waals surface area contributed by atoms with Gasteiger partial charge in [0.05, 0.1) is 6.10 Å². The second kappa shape index (κ2) is 6.52. The van der Waals surface area contributed by atoms with E-state index in [9.17, 15) is 0 Å². The van der Waals surface area contributed by atoms with Crippen LogP contribution in [0.2, 0.25) is 5.28 Å². The van der Waals surface area contributed by atoms with Crippen molar-refractivity contribution in [1.82, 2.24) is 15.0 Å². The molecule has 1 aromatic carbocycles. The van der Waals surface area contributed by atoms with Gasteiger partial charge in [-0.15, -0.1) is 0 Å². The number of hydrogen-bond acceptors (Lipinski definition) is 5. The maximum absolute atomic E-state index is 5.91. The van der Waals surface area contributed by atoms with Crippen LogP contribution in [0.4, 0.5) is 5.95 Å². The summed E-state index contributed by atoms with van der Waals surface area (Å²) in [6.07, 6.45) is -0.0132. The zero-order valence-electron chi connectivity index (χ0n) is 11.7. The average Bonchev–Trinajstić information content (AvgIpc) is 2.38. The van der Waals surface area contributed by atoms with E-state index in [1.165, 1.54) is 0 Å². The topological polar surface area (TPSA) is 51.1 Å². The van der Waals surface area contributed by atoms with Crippen LogP contribution in [0.1, 0.15) is 19.4 Å². The molecule has 0 radical (unpaired) electrons. The Kier molecular flexibility index (Phi) is 4.74. The monoisotopic (exact) mass is 292 g/mol. The van der Waals surface area contributed by atoms with E-state index in [4.69, 9.17) is 16.3 Å². The van der Waals surface area contributed by atoms with Gasteiger partial charge in [-0.25, -0.2) is 0 Å². The molecule has 0 amide bonds. The van der Waals surface area contributed by atoms with Gasteiger partial charge in [0.15, 0.2) is 0 Å². The lowest BCUT2D eigenvalue weighted by Crippen LogP contribution is -2.20. The summed E-state index contributed by atoms with van der Waals surface area (Å²) in [4.78, 5) is 14.2. The van der Waals surface area contributed by atoms with Gasteiger partial charge in [-0.2, -0.15) is 15.0 Å². The molecule has 1 heterocycles. The van der Waals surface area contributed by atoms with Gasteiger partial charge in [0.25, 0.3) is 0 Å². The van der Waals surface area contributed by atoms with Gasteiger partial charge in [0, 0.05) is 13.6 Å². The van der Waals surface area contributed by atoms with Crippen LogP contribution in [0.25, 0.3) is 0 Å². The first kappa shape index (κ1) is 14.5. The number of rotatable bonds is 5. The molecule has 0 saturated heterocycles. The summed E-state index contributed by atoms with van der Waals surface area (Å²) in [6, 6.07) is 10.3. The number of ether oxygens (including phenoxy) is 1. The van der Waals surface area contributed by atoms with Gasteiger partial charge in [0.2, 0.25) is 11.2 Å². The summed E-state index contributed by atoms with van der Waals surface area (Å²) in [5.74, 6) is 0.490. The van der Waals surface area contributed by atoms with Crippen LogP contribution in [0, 0.1) is 0 Å². The van der Waals surface area contributed by atoms with E-state index in [1.54, 1.807) is 0 Å². The molecule has 0 saturated carbocycles. The highest BCUT2D eigenvalue weighted by Crippen LogP contribution is 2.16. The highest BCUT2D eigenvalue weighted by Gasteiger charge is 2.11. The van der Waals surface area contributed by atoms with Crippen LogP contribution in [-0.2, 0) is 6.54 Å². The maximum atomic E-state index is 5.91. The fraction of sp³-hybridized carbons (Fsp3) is 0.357. The summed E-state index contributed by atoms with van der Waals surface area (Å²) in [7, 11) is 1.90. The lowest BCUT2D eigenvalue weighted by molar-refractivity contribution is 0.221. The third-order valence-corrected chi connectivity index (χ3v) is 2.69. The summed E-state index contributed by atoms with van der Waals surface area (Å²) in [5.41, 5.74) is 1.16. The maximum Gasteiger partial charge on any atom is 0.322 e. The number of benzene rings is 1. The lowest BCUT2D eigenvalue weighted by Gasteiger charge is -2.18. The molecule has 0 fully saturated rings. The van der Waals surface area contributed by atoms with Crippen molar-refractivity contribution in [3.8, 4) is 6.01 Å². The first-order valence-corrected chi connectivity index (χ1v) is 6.75. The zero-order valence-corrected chi connectivity index (χ0v) is 12.5. The summed E-state index contributed by atoms with van der Waals surface area (Å²) in [5, 5.41) is 0.130. The van der Waals surface area contributed by atoms with E-state index in [-0.39, 0.29) is 17.4 Å². The molecular formula is C14H17ClN4O. The SMILES string of the molecule is CC(C)Oc1nc(Cl)nc(N(C)Cc2ccccc2)n1. The Morgan fingerprint density at radius 2 is 1.85 bits per heavy atom. The number of hydrogen-bond donors (Lipinski definition) is 0. The van der Waals surface area contributed by atoms with Gasteiger partial charge < -0.3 is 9.64 Å². The Bertz CT molecular complexity index is 562. The Hall–Kier alpha value is -1.88.